The second-order valence-corrected chi connectivity index (χ2v) is 5.46. The van der Waals surface area contributed by atoms with Crippen molar-refractivity contribution in [1.29, 1.82) is 0 Å². The first-order valence-corrected chi connectivity index (χ1v) is 8.05. The summed E-state index contributed by atoms with van der Waals surface area (Å²) < 4.78 is 11.0. The van der Waals surface area contributed by atoms with E-state index in [2.05, 4.69) is 17.6 Å². The third-order valence-corrected chi connectivity index (χ3v) is 3.60. The molecule has 128 valence electrons. The number of carbonyl (C=O) groups excluding carboxylic acids is 1. The first kappa shape index (κ1) is 17.7. The number of rotatable bonds is 8. The Balaban J connectivity index is 1.86. The van der Waals surface area contributed by atoms with Gasteiger partial charge in [0.2, 0.25) is 5.91 Å². The number of amides is 1. The summed E-state index contributed by atoms with van der Waals surface area (Å²) in [6.07, 6.45) is 1.13. The Labute approximate surface area is 143 Å². The molecule has 0 saturated heterocycles. The van der Waals surface area contributed by atoms with E-state index in [9.17, 15) is 4.79 Å². The molecule has 0 bridgehead atoms. The van der Waals surface area contributed by atoms with E-state index in [1.807, 2.05) is 55.5 Å². The smallest absolute Gasteiger partial charge is 0.243 e. The first-order valence-electron chi connectivity index (χ1n) is 8.05. The second kappa shape index (κ2) is 8.82. The van der Waals surface area contributed by atoms with E-state index in [1.54, 1.807) is 7.11 Å². The molecule has 2 N–H and O–H groups in total. The van der Waals surface area contributed by atoms with E-state index in [0.717, 1.165) is 23.5 Å². The number of anilines is 2. The molecule has 0 radical (unpaired) electrons. The van der Waals surface area contributed by atoms with Crippen LogP contribution >= 0.6 is 0 Å². The van der Waals surface area contributed by atoms with Gasteiger partial charge in [-0.25, -0.2) is 0 Å². The van der Waals surface area contributed by atoms with Gasteiger partial charge < -0.3 is 20.1 Å². The summed E-state index contributed by atoms with van der Waals surface area (Å²) in [6.45, 7) is 4.26. The molecule has 2 rings (SSSR count). The molecule has 2 aromatic carbocycles. The molecule has 24 heavy (non-hydrogen) atoms. The Kier molecular flexibility index (Phi) is 6.49. The van der Waals surface area contributed by atoms with E-state index in [-0.39, 0.29) is 18.6 Å². The van der Waals surface area contributed by atoms with Crippen LogP contribution in [0.25, 0.3) is 0 Å². The Morgan fingerprint density at radius 3 is 2.50 bits per heavy atom. The Bertz CT molecular complexity index is 656. The molecule has 1 amide bonds. The molecular formula is C19H24N2O3. The van der Waals surface area contributed by atoms with Gasteiger partial charge in [0.05, 0.1) is 25.4 Å². The zero-order valence-corrected chi connectivity index (χ0v) is 14.3. The van der Waals surface area contributed by atoms with Gasteiger partial charge in [0, 0.05) is 5.69 Å². The van der Waals surface area contributed by atoms with Crippen LogP contribution < -0.4 is 20.1 Å². The summed E-state index contributed by atoms with van der Waals surface area (Å²) in [5.41, 5.74) is 1.52. The minimum absolute atomic E-state index is 0.128. The lowest BCUT2D eigenvalue weighted by molar-refractivity contribution is -0.114. The van der Waals surface area contributed by atoms with Crippen LogP contribution in [-0.4, -0.2) is 25.7 Å². The molecule has 0 fully saturated rings. The van der Waals surface area contributed by atoms with Crippen LogP contribution in [0.2, 0.25) is 0 Å². The van der Waals surface area contributed by atoms with Gasteiger partial charge in [0.25, 0.3) is 0 Å². The van der Waals surface area contributed by atoms with Crippen LogP contribution in [0.3, 0.4) is 0 Å². The number of hydrogen-bond acceptors (Lipinski definition) is 4. The summed E-state index contributed by atoms with van der Waals surface area (Å²) in [7, 11) is 1.60. The van der Waals surface area contributed by atoms with Crippen molar-refractivity contribution >= 4 is 17.3 Å². The summed E-state index contributed by atoms with van der Waals surface area (Å²) in [4.78, 5) is 12.0. The Morgan fingerprint density at radius 1 is 1.12 bits per heavy atom. The number of carbonyl (C=O) groups is 1. The topological polar surface area (TPSA) is 59.6 Å². The number of ether oxygens (including phenoxy) is 2. The van der Waals surface area contributed by atoms with Crippen LogP contribution in [0, 0.1) is 0 Å². The fourth-order valence-corrected chi connectivity index (χ4v) is 2.10. The highest BCUT2D eigenvalue weighted by atomic mass is 16.5. The van der Waals surface area contributed by atoms with Crippen LogP contribution in [-0.2, 0) is 4.79 Å². The number of methoxy groups -OCH3 is 1. The van der Waals surface area contributed by atoms with Gasteiger partial charge in [0.1, 0.15) is 11.5 Å². The summed E-state index contributed by atoms with van der Waals surface area (Å²) in [5, 5.41) is 5.91. The molecule has 0 aliphatic heterocycles. The maximum Gasteiger partial charge on any atom is 0.243 e. The fourth-order valence-electron chi connectivity index (χ4n) is 2.10. The minimum Gasteiger partial charge on any atom is -0.495 e. The highest BCUT2D eigenvalue weighted by Crippen LogP contribution is 2.22. The maximum absolute atomic E-state index is 12.0. The fraction of sp³-hybridized carbons (Fsp3) is 0.316. The van der Waals surface area contributed by atoms with Crippen LogP contribution in [0.5, 0.6) is 11.5 Å². The van der Waals surface area contributed by atoms with Gasteiger partial charge in [-0.2, -0.15) is 0 Å². The molecule has 0 spiro atoms. The Hall–Kier alpha value is -2.69. The Morgan fingerprint density at radius 2 is 1.83 bits per heavy atom. The molecule has 1 unspecified atom stereocenters. The van der Waals surface area contributed by atoms with Crippen molar-refractivity contribution in [3.8, 4) is 11.5 Å². The average Bonchev–Trinajstić information content (AvgIpc) is 2.61. The van der Waals surface area contributed by atoms with Crippen molar-refractivity contribution < 1.29 is 14.3 Å². The molecule has 1 atom stereocenters. The van der Waals surface area contributed by atoms with Crippen molar-refractivity contribution in [1.82, 2.24) is 0 Å². The standard InChI is InChI=1S/C19H24N2O3/c1-4-14(2)24-16-11-9-15(10-12-16)21-19(22)13-20-17-7-5-6-8-18(17)23-3/h5-12,14,20H,4,13H2,1-3H3,(H,21,22). The molecule has 0 heterocycles. The van der Waals surface area contributed by atoms with Gasteiger partial charge in [-0.1, -0.05) is 19.1 Å². The number of benzene rings is 2. The molecule has 2 aromatic rings. The number of hydrogen-bond donors (Lipinski definition) is 2. The van der Waals surface area contributed by atoms with Crippen molar-refractivity contribution in [3.05, 3.63) is 48.5 Å². The zero-order chi connectivity index (χ0) is 17.4. The number of para-hydroxylation sites is 2. The predicted molar refractivity (Wildman–Crippen MR) is 96.9 cm³/mol. The third-order valence-electron chi connectivity index (χ3n) is 3.60. The second-order valence-electron chi connectivity index (χ2n) is 5.46. The summed E-state index contributed by atoms with van der Waals surface area (Å²) in [5.74, 6) is 1.38. The van der Waals surface area contributed by atoms with Crippen molar-refractivity contribution in [2.75, 3.05) is 24.3 Å². The lowest BCUT2D eigenvalue weighted by Crippen LogP contribution is -2.21. The van der Waals surface area contributed by atoms with Crippen LogP contribution in [0.4, 0.5) is 11.4 Å². The molecule has 0 aromatic heterocycles. The van der Waals surface area contributed by atoms with Gasteiger partial charge >= 0.3 is 0 Å². The lowest BCUT2D eigenvalue weighted by Gasteiger charge is -2.13. The molecule has 0 aliphatic rings. The highest BCUT2D eigenvalue weighted by Gasteiger charge is 2.06. The van der Waals surface area contributed by atoms with E-state index < -0.39 is 0 Å². The predicted octanol–water partition coefficient (Wildman–Crippen LogP) is 3.92. The van der Waals surface area contributed by atoms with Crippen LogP contribution in [0.1, 0.15) is 20.3 Å². The largest absolute Gasteiger partial charge is 0.495 e. The van der Waals surface area contributed by atoms with E-state index >= 15 is 0 Å². The molecule has 0 aliphatic carbocycles. The van der Waals surface area contributed by atoms with Crippen LogP contribution in [0.15, 0.2) is 48.5 Å². The minimum atomic E-state index is -0.128. The SMILES string of the molecule is CCC(C)Oc1ccc(NC(=O)CNc2ccccc2OC)cc1. The van der Waals surface area contributed by atoms with Gasteiger partial charge in [-0.3, -0.25) is 4.79 Å². The van der Waals surface area contributed by atoms with Gasteiger partial charge in [0.15, 0.2) is 0 Å². The number of nitrogens with one attached hydrogen (secondary N) is 2. The van der Waals surface area contributed by atoms with Crippen molar-refractivity contribution in [2.24, 2.45) is 0 Å². The molecule has 5 nitrogen and oxygen atoms in total. The van der Waals surface area contributed by atoms with E-state index in [0.29, 0.717) is 5.75 Å². The van der Waals surface area contributed by atoms with Gasteiger partial charge in [-0.05, 0) is 49.7 Å². The van der Waals surface area contributed by atoms with Gasteiger partial charge in [-0.15, -0.1) is 0 Å². The monoisotopic (exact) mass is 328 g/mol. The molecular weight excluding hydrogens is 304 g/mol. The lowest BCUT2D eigenvalue weighted by atomic mass is 10.2. The average molecular weight is 328 g/mol. The first-order chi connectivity index (χ1) is 11.6. The van der Waals surface area contributed by atoms with E-state index in [4.69, 9.17) is 9.47 Å². The highest BCUT2D eigenvalue weighted by molar-refractivity contribution is 5.94. The van der Waals surface area contributed by atoms with E-state index in [1.165, 1.54) is 0 Å². The zero-order valence-electron chi connectivity index (χ0n) is 14.3. The molecule has 5 heteroatoms. The summed E-state index contributed by atoms with van der Waals surface area (Å²) in [6, 6.07) is 14.9. The quantitative estimate of drug-likeness (QED) is 0.771. The third kappa shape index (κ3) is 5.19. The van der Waals surface area contributed by atoms with Crippen molar-refractivity contribution in [2.45, 2.75) is 26.4 Å². The molecule has 0 saturated carbocycles. The summed E-state index contributed by atoms with van der Waals surface area (Å²) >= 11 is 0. The van der Waals surface area contributed by atoms with Crippen molar-refractivity contribution in [3.63, 3.8) is 0 Å². The maximum atomic E-state index is 12.0. The normalized spacial score (nSPS) is 11.5.